The van der Waals surface area contributed by atoms with Crippen molar-refractivity contribution in [3.8, 4) is 0 Å². The van der Waals surface area contributed by atoms with E-state index in [0.717, 1.165) is 20.4 Å². The van der Waals surface area contributed by atoms with E-state index in [1.807, 2.05) is 0 Å². The zero-order chi connectivity index (χ0) is 28.8. The molecule has 2 aromatic heterocycles. The first-order valence-corrected chi connectivity index (χ1v) is 12.5. The average molecular weight is 539 g/mol. The lowest BCUT2D eigenvalue weighted by atomic mass is 9.98. The van der Waals surface area contributed by atoms with Crippen molar-refractivity contribution in [2.75, 3.05) is 13.1 Å². The third-order valence-electron chi connectivity index (χ3n) is 6.19. The van der Waals surface area contributed by atoms with Gasteiger partial charge in [-0.15, -0.1) is 0 Å². The quantitative estimate of drug-likeness (QED) is 0.312. The summed E-state index contributed by atoms with van der Waals surface area (Å²) in [5.74, 6) is -2.37. The Hall–Kier alpha value is -3.68. The number of carboxylic acids is 2. The first kappa shape index (κ1) is 30.5. The summed E-state index contributed by atoms with van der Waals surface area (Å²) in [6.07, 6.45) is 1.81. The molecule has 0 aliphatic heterocycles. The Kier molecular flexibility index (Phi) is 9.84. The third kappa shape index (κ3) is 6.41. The van der Waals surface area contributed by atoms with Crippen LogP contribution in [0, 0.1) is 0 Å². The number of fused-ring (bicyclic) bond motifs is 1. The molecule has 1 atom stereocenters. The maximum Gasteiger partial charge on any atom is 0.412 e. The number of aromatic nitrogens is 4. The number of carbonyl (C=O) groups is 3. The highest BCUT2D eigenvalue weighted by molar-refractivity contribution is 5.85. The zero-order valence-electron chi connectivity index (χ0n) is 22.6. The molecule has 0 spiro atoms. The van der Waals surface area contributed by atoms with E-state index in [1.165, 1.54) is 18.7 Å². The topological polar surface area (TPSA) is 192 Å². The predicted octanol–water partition coefficient (Wildman–Crippen LogP) is 1.18. The van der Waals surface area contributed by atoms with Gasteiger partial charge in [0.25, 0.3) is 5.56 Å². The van der Waals surface area contributed by atoms with Gasteiger partial charge in [-0.25, -0.2) is 19.4 Å². The minimum atomic E-state index is -2.13. The van der Waals surface area contributed by atoms with E-state index < -0.39 is 40.5 Å². The number of imidazole rings is 1. The molecule has 0 aromatic carbocycles. The Balaban J connectivity index is 2.80. The van der Waals surface area contributed by atoms with Crippen LogP contribution in [0.4, 0.5) is 4.79 Å². The van der Waals surface area contributed by atoms with Crippen molar-refractivity contribution in [3.63, 3.8) is 0 Å². The molecule has 14 heteroatoms. The first-order chi connectivity index (χ1) is 17.7. The summed E-state index contributed by atoms with van der Waals surface area (Å²) >= 11 is 0. The van der Waals surface area contributed by atoms with Gasteiger partial charge < -0.3 is 20.7 Å². The average Bonchev–Trinajstić information content (AvgIpc) is 3.26. The van der Waals surface area contributed by atoms with Crippen LogP contribution in [0.15, 0.2) is 15.9 Å². The second kappa shape index (κ2) is 12.2. The van der Waals surface area contributed by atoms with Gasteiger partial charge in [-0.3, -0.25) is 28.2 Å². The molecule has 38 heavy (non-hydrogen) atoms. The maximum absolute atomic E-state index is 13.6. The Labute approximate surface area is 219 Å². The van der Waals surface area contributed by atoms with E-state index in [4.69, 9.17) is 15.6 Å². The van der Waals surface area contributed by atoms with E-state index in [-0.39, 0.29) is 43.5 Å². The fraction of sp³-hybridized carbons (Fsp3) is 0.667. The number of amides is 1. The molecule has 0 aliphatic carbocycles. The minimum Gasteiger partial charge on any atom is -0.481 e. The summed E-state index contributed by atoms with van der Waals surface area (Å²) in [7, 11) is 2.68. The van der Waals surface area contributed by atoms with Crippen molar-refractivity contribution >= 4 is 29.2 Å². The van der Waals surface area contributed by atoms with Crippen LogP contribution < -0.4 is 17.0 Å². The molecule has 0 saturated heterocycles. The van der Waals surface area contributed by atoms with Gasteiger partial charge in [0.2, 0.25) is 5.66 Å². The standard InChI is InChI=1S/C24H38N6O8/c1-23(2,3)38-22(37)29(14-10-6-7-11-16(31)32)24(20(34)35,12-8-9-13-25)30-15-26-17-18(30)27(4)21(36)28(5)19(17)33/h15H,6-14,25H2,1-5H3,(H,31,32)(H,34,35)/t24-/m0/s1. The lowest BCUT2D eigenvalue weighted by Crippen LogP contribution is -2.60. The van der Waals surface area contributed by atoms with Gasteiger partial charge in [0.05, 0.1) is 6.33 Å². The summed E-state index contributed by atoms with van der Waals surface area (Å²) in [6.45, 7) is 5.12. The summed E-state index contributed by atoms with van der Waals surface area (Å²) in [6, 6.07) is 0. The van der Waals surface area contributed by atoms with Crippen molar-refractivity contribution in [1.29, 1.82) is 0 Å². The second-order valence-electron chi connectivity index (χ2n) is 10.2. The van der Waals surface area contributed by atoms with Crippen LogP contribution in [-0.4, -0.2) is 70.5 Å². The molecule has 0 fully saturated rings. The van der Waals surface area contributed by atoms with Crippen LogP contribution in [0.5, 0.6) is 0 Å². The maximum atomic E-state index is 13.6. The highest BCUT2D eigenvalue weighted by atomic mass is 16.6. The van der Waals surface area contributed by atoms with Gasteiger partial charge >= 0.3 is 23.7 Å². The molecular formula is C24H38N6O8. The van der Waals surface area contributed by atoms with Crippen LogP contribution in [0.1, 0.15) is 65.7 Å². The minimum absolute atomic E-state index is 0.0623. The normalized spacial score (nSPS) is 13.3. The number of carboxylic acid groups (broad SMARTS) is 2. The Morgan fingerprint density at radius 3 is 2.24 bits per heavy atom. The number of hydrogen-bond acceptors (Lipinski definition) is 8. The molecule has 0 unspecified atom stereocenters. The molecule has 2 heterocycles. The van der Waals surface area contributed by atoms with Gasteiger partial charge in [0.15, 0.2) is 11.2 Å². The van der Waals surface area contributed by atoms with Crippen molar-refractivity contribution in [3.05, 3.63) is 27.2 Å². The summed E-state index contributed by atoms with van der Waals surface area (Å²) in [4.78, 5) is 68.5. The highest BCUT2D eigenvalue weighted by Crippen LogP contribution is 2.33. The van der Waals surface area contributed by atoms with Crippen LogP contribution in [0.2, 0.25) is 0 Å². The van der Waals surface area contributed by atoms with Crippen molar-refractivity contribution in [1.82, 2.24) is 23.6 Å². The van der Waals surface area contributed by atoms with Gasteiger partial charge in [0, 0.05) is 33.5 Å². The molecule has 0 radical (unpaired) electrons. The smallest absolute Gasteiger partial charge is 0.412 e. The molecule has 212 valence electrons. The molecular weight excluding hydrogens is 500 g/mol. The Morgan fingerprint density at radius 2 is 1.68 bits per heavy atom. The van der Waals surface area contributed by atoms with E-state index in [0.29, 0.717) is 25.7 Å². The summed E-state index contributed by atoms with van der Waals surface area (Å²) < 4.78 is 8.75. The number of unbranched alkanes of at least 4 members (excludes halogenated alkanes) is 3. The number of aliphatic carboxylic acids is 2. The lowest BCUT2D eigenvalue weighted by Gasteiger charge is -2.42. The molecule has 14 nitrogen and oxygen atoms in total. The number of nitrogens with zero attached hydrogens (tertiary/aromatic N) is 5. The van der Waals surface area contributed by atoms with Crippen molar-refractivity contribution < 1.29 is 29.3 Å². The van der Waals surface area contributed by atoms with Crippen LogP contribution in [0.3, 0.4) is 0 Å². The number of ether oxygens (including phenoxy) is 1. The largest absolute Gasteiger partial charge is 0.481 e. The fourth-order valence-electron chi connectivity index (χ4n) is 4.34. The first-order valence-electron chi connectivity index (χ1n) is 12.5. The van der Waals surface area contributed by atoms with Gasteiger partial charge in [0.1, 0.15) is 5.60 Å². The number of aryl methyl sites for hydroxylation is 1. The van der Waals surface area contributed by atoms with Crippen LogP contribution >= 0.6 is 0 Å². The monoisotopic (exact) mass is 538 g/mol. The molecule has 1 amide bonds. The number of nitrogens with two attached hydrogens (primary N) is 1. The van der Waals surface area contributed by atoms with E-state index in [9.17, 15) is 29.1 Å². The second-order valence-corrected chi connectivity index (χ2v) is 10.2. The molecule has 4 N–H and O–H groups in total. The number of hydrogen-bond donors (Lipinski definition) is 3. The Morgan fingerprint density at radius 1 is 1.03 bits per heavy atom. The third-order valence-corrected chi connectivity index (χ3v) is 6.19. The lowest BCUT2D eigenvalue weighted by molar-refractivity contribution is -0.160. The van der Waals surface area contributed by atoms with Crippen molar-refractivity contribution in [2.24, 2.45) is 19.8 Å². The summed E-state index contributed by atoms with van der Waals surface area (Å²) in [5, 5.41) is 19.7. The fourth-order valence-corrected chi connectivity index (χ4v) is 4.34. The van der Waals surface area contributed by atoms with Gasteiger partial charge in [-0.2, -0.15) is 0 Å². The van der Waals surface area contributed by atoms with Crippen LogP contribution in [0.25, 0.3) is 11.2 Å². The molecule has 0 bridgehead atoms. The van der Waals surface area contributed by atoms with Gasteiger partial charge in [-0.1, -0.05) is 6.42 Å². The number of carbonyl (C=O) groups excluding carboxylic acids is 1. The highest BCUT2D eigenvalue weighted by Gasteiger charge is 2.50. The number of rotatable bonds is 13. The van der Waals surface area contributed by atoms with E-state index >= 15 is 0 Å². The van der Waals surface area contributed by atoms with E-state index in [1.54, 1.807) is 20.8 Å². The molecule has 0 saturated carbocycles. The SMILES string of the molecule is Cn1c(=O)c2ncn([C@@](CCCCN)(C(=O)O)N(CCCCCC(=O)O)C(=O)OC(C)(C)C)c2n(C)c1=O. The molecule has 0 aliphatic rings. The van der Waals surface area contributed by atoms with Crippen LogP contribution in [-0.2, 0) is 34.1 Å². The molecule has 2 rings (SSSR count). The zero-order valence-corrected chi connectivity index (χ0v) is 22.6. The molecule has 2 aromatic rings. The van der Waals surface area contributed by atoms with Crippen molar-refractivity contribution in [2.45, 2.75) is 77.0 Å². The Bertz CT molecular complexity index is 1290. The van der Waals surface area contributed by atoms with Gasteiger partial charge in [-0.05, 0) is 53.0 Å². The summed E-state index contributed by atoms with van der Waals surface area (Å²) in [5.41, 5.74) is 0.987. The predicted molar refractivity (Wildman–Crippen MR) is 138 cm³/mol. The van der Waals surface area contributed by atoms with E-state index in [2.05, 4.69) is 4.98 Å².